The van der Waals surface area contributed by atoms with Crippen molar-refractivity contribution in [2.24, 2.45) is 0 Å². The van der Waals surface area contributed by atoms with Crippen LogP contribution in [0.4, 0.5) is 0 Å². The standard InChI is InChI=1S/C17H21N3O4S/c1-2-10-24-14(21)11-13-16(23)18-8-9-20(13)17(25)19-15(22)12-6-4-3-5-7-12/h3-7,13H,2,8-11H2,1H3,(H,18,23)(H,19,22,25)/t13-/m1/s1. The lowest BCUT2D eigenvalue weighted by Gasteiger charge is -2.36. The summed E-state index contributed by atoms with van der Waals surface area (Å²) in [7, 11) is 0. The van der Waals surface area contributed by atoms with Crippen LogP contribution in [0.3, 0.4) is 0 Å². The normalized spacial score (nSPS) is 16.8. The van der Waals surface area contributed by atoms with Crippen LogP contribution in [0, 0.1) is 0 Å². The second-order valence-corrected chi connectivity index (χ2v) is 5.94. The molecular weight excluding hydrogens is 342 g/mol. The fourth-order valence-corrected chi connectivity index (χ4v) is 2.74. The van der Waals surface area contributed by atoms with Gasteiger partial charge in [-0.05, 0) is 30.8 Å². The van der Waals surface area contributed by atoms with E-state index in [1.54, 1.807) is 29.2 Å². The van der Waals surface area contributed by atoms with Gasteiger partial charge in [-0.1, -0.05) is 25.1 Å². The maximum Gasteiger partial charge on any atom is 0.308 e. The van der Waals surface area contributed by atoms with Crippen LogP contribution in [0.5, 0.6) is 0 Å². The summed E-state index contributed by atoms with van der Waals surface area (Å²) in [6.45, 7) is 3.00. The third-order valence-corrected chi connectivity index (χ3v) is 4.01. The molecule has 2 N–H and O–H groups in total. The quantitative estimate of drug-likeness (QED) is 0.596. The maximum atomic E-state index is 12.2. The average molecular weight is 363 g/mol. The Morgan fingerprint density at radius 3 is 2.76 bits per heavy atom. The summed E-state index contributed by atoms with van der Waals surface area (Å²) in [5.74, 6) is -1.13. The summed E-state index contributed by atoms with van der Waals surface area (Å²) in [5.41, 5.74) is 0.463. The average Bonchev–Trinajstić information content (AvgIpc) is 2.62. The van der Waals surface area contributed by atoms with Gasteiger partial charge in [0.05, 0.1) is 13.0 Å². The molecule has 1 aliphatic heterocycles. The lowest BCUT2D eigenvalue weighted by atomic mass is 10.1. The Bertz CT molecular complexity index is 651. The zero-order valence-corrected chi connectivity index (χ0v) is 14.8. The maximum absolute atomic E-state index is 12.2. The predicted octanol–water partition coefficient (Wildman–Crippen LogP) is 0.845. The zero-order chi connectivity index (χ0) is 18.2. The summed E-state index contributed by atoms with van der Waals surface area (Å²) in [4.78, 5) is 37.8. The van der Waals surface area contributed by atoms with Crippen LogP contribution in [-0.4, -0.2) is 53.5 Å². The third kappa shape index (κ3) is 5.25. The highest BCUT2D eigenvalue weighted by molar-refractivity contribution is 7.80. The van der Waals surface area contributed by atoms with E-state index in [2.05, 4.69) is 10.6 Å². The van der Waals surface area contributed by atoms with Crippen molar-refractivity contribution in [2.75, 3.05) is 19.7 Å². The van der Waals surface area contributed by atoms with Crippen LogP contribution < -0.4 is 10.6 Å². The van der Waals surface area contributed by atoms with E-state index in [-0.39, 0.29) is 23.3 Å². The third-order valence-electron chi connectivity index (χ3n) is 3.68. The minimum atomic E-state index is -0.790. The Morgan fingerprint density at radius 2 is 2.08 bits per heavy atom. The summed E-state index contributed by atoms with van der Waals surface area (Å²) in [6, 6.07) is 7.85. The van der Waals surface area contributed by atoms with Crippen molar-refractivity contribution in [3.8, 4) is 0 Å². The number of amides is 2. The molecule has 1 aliphatic rings. The molecule has 1 heterocycles. The number of thiocarbonyl (C=S) groups is 1. The molecule has 134 valence electrons. The molecule has 2 amide bonds. The molecule has 1 saturated heterocycles. The van der Waals surface area contributed by atoms with E-state index in [0.717, 1.165) is 0 Å². The predicted molar refractivity (Wildman–Crippen MR) is 95.9 cm³/mol. The van der Waals surface area contributed by atoms with Gasteiger partial charge in [0.15, 0.2) is 5.11 Å². The molecule has 0 aliphatic carbocycles. The first-order valence-electron chi connectivity index (χ1n) is 8.13. The van der Waals surface area contributed by atoms with Crippen molar-refractivity contribution in [3.05, 3.63) is 35.9 Å². The van der Waals surface area contributed by atoms with Gasteiger partial charge in [0, 0.05) is 18.7 Å². The molecule has 0 aromatic heterocycles. The highest BCUT2D eigenvalue weighted by Crippen LogP contribution is 2.11. The molecule has 0 spiro atoms. The van der Waals surface area contributed by atoms with E-state index in [4.69, 9.17) is 17.0 Å². The van der Waals surface area contributed by atoms with Gasteiger partial charge >= 0.3 is 5.97 Å². The number of nitrogens with zero attached hydrogens (tertiary/aromatic N) is 1. The van der Waals surface area contributed by atoms with E-state index >= 15 is 0 Å². The molecule has 1 atom stereocenters. The first-order chi connectivity index (χ1) is 12.0. The molecule has 8 heteroatoms. The van der Waals surface area contributed by atoms with Crippen molar-refractivity contribution in [1.82, 2.24) is 15.5 Å². The van der Waals surface area contributed by atoms with E-state index < -0.39 is 12.0 Å². The summed E-state index contributed by atoms with van der Waals surface area (Å²) in [5, 5.41) is 5.44. The summed E-state index contributed by atoms with van der Waals surface area (Å²) in [6.07, 6.45) is 0.588. The number of nitrogens with one attached hydrogen (secondary N) is 2. The van der Waals surface area contributed by atoms with E-state index in [1.807, 2.05) is 13.0 Å². The number of esters is 1. The van der Waals surface area contributed by atoms with Crippen molar-refractivity contribution in [3.63, 3.8) is 0 Å². The number of hydrogen-bond acceptors (Lipinski definition) is 5. The van der Waals surface area contributed by atoms with Crippen molar-refractivity contribution in [2.45, 2.75) is 25.8 Å². The summed E-state index contributed by atoms with van der Waals surface area (Å²) >= 11 is 5.28. The van der Waals surface area contributed by atoms with Gasteiger partial charge in [-0.25, -0.2) is 0 Å². The zero-order valence-electron chi connectivity index (χ0n) is 14.0. The highest BCUT2D eigenvalue weighted by atomic mass is 32.1. The van der Waals surface area contributed by atoms with Gasteiger partial charge in [-0.2, -0.15) is 0 Å². The van der Waals surface area contributed by atoms with Gasteiger partial charge < -0.3 is 15.0 Å². The van der Waals surface area contributed by atoms with Crippen LogP contribution in [0.15, 0.2) is 30.3 Å². The molecule has 0 bridgehead atoms. The van der Waals surface area contributed by atoms with E-state index in [0.29, 0.717) is 31.7 Å². The van der Waals surface area contributed by atoms with Crippen molar-refractivity contribution in [1.29, 1.82) is 0 Å². The molecule has 0 radical (unpaired) electrons. The highest BCUT2D eigenvalue weighted by Gasteiger charge is 2.34. The second-order valence-electron chi connectivity index (χ2n) is 5.55. The Labute approximate surface area is 151 Å². The van der Waals surface area contributed by atoms with E-state index in [9.17, 15) is 14.4 Å². The smallest absolute Gasteiger partial charge is 0.308 e. The largest absolute Gasteiger partial charge is 0.466 e. The Kier molecular flexibility index (Phi) is 6.88. The van der Waals surface area contributed by atoms with Crippen LogP contribution >= 0.6 is 12.2 Å². The fourth-order valence-electron chi connectivity index (χ4n) is 2.42. The molecule has 25 heavy (non-hydrogen) atoms. The molecule has 0 unspecified atom stereocenters. The lowest BCUT2D eigenvalue weighted by molar-refractivity contribution is -0.147. The molecule has 7 nitrogen and oxygen atoms in total. The number of rotatable bonds is 5. The minimum Gasteiger partial charge on any atom is -0.466 e. The molecule has 0 saturated carbocycles. The second kappa shape index (κ2) is 9.12. The molecule has 1 aromatic rings. The van der Waals surface area contributed by atoms with Gasteiger partial charge in [-0.3, -0.25) is 19.7 Å². The topological polar surface area (TPSA) is 87.7 Å². The molecule has 1 aromatic carbocycles. The Morgan fingerprint density at radius 1 is 1.36 bits per heavy atom. The van der Waals surface area contributed by atoms with Crippen LogP contribution in [-0.2, 0) is 14.3 Å². The van der Waals surface area contributed by atoms with Crippen LogP contribution in [0.2, 0.25) is 0 Å². The first kappa shape index (κ1) is 18.9. The van der Waals surface area contributed by atoms with Gasteiger partial charge in [0.2, 0.25) is 5.91 Å². The van der Waals surface area contributed by atoms with Crippen molar-refractivity contribution >= 4 is 35.1 Å². The van der Waals surface area contributed by atoms with Crippen LogP contribution in [0.1, 0.15) is 30.1 Å². The molecule has 1 fully saturated rings. The monoisotopic (exact) mass is 363 g/mol. The van der Waals surface area contributed by atoms with Gasteiger partial charge in [0.25, 0.3) is 5.91 Å². The summed E-state index contributed by atoms with van der Waals surface area (Å²) < 4.78 is 5.04. The number of piperazine rings is 1. The van der Waals surface area contributed by atoms with Gasteiger partial charge in [-0.15, -0.1) is 0 Å². The number of ether oxygens (including phenoxy) is 1. The number of hydrogen-bond donors (Lipinski definition) is 2. The number of carbonyl (C=O) groups is 3. The van der Waals surface area contributed by atoms with Crippen molar-refractivity contribution < 1.29 is 19.1 Å². The molecular formula is C17H21N3O4S. The molecule has 2 rings (SSSR count). The van der Waals surface area contributed by atoms with Crippen LogP contribution in [0.25, 0.3) is 0 Å². The SMILES string of the molecule is CCCOC(=O)C[C@@H]1C(=O)NCCN1C(=S)NC(=O)c1ccccc1. The Balaban J connectivity index is 2.03. The lowest BCUT2D eigenvalue weighted by Crippen LogP contribution is -2.60. The minimum absolute atomic E-state index is 0.118. The van der Waals surface area contributed by atoms with Gasteiger partial charge in [0.1, 0.15) is 6.04 Å². The number of benzene rings is 1. The Hall–Kier alpha value is -2.48. The number of carbonyl (C=O) groups excluding carboxylic acids is 3. The first-order valence-corrected chi connectivity index (χ1v) is 8.54. The fraction of sp³-hybridized carbons (Fsp3) is 0.412. The van der Waals surface area contributed by atoms with E-state index in [1.165, 1.54) is 0 Å².